The standard InChI is InChI=1S/C13H12N2O/c1-10(16)12-8-5-9-13(12)15-14-11-6-3-2-4-7-11/h2-9,14H,1H3/b15-13+. The van der Waals surface area contributed by atoms with Gasteiger partial charge in [0.15, 0.2) is 5.78 Å². The van der Waals surface area contributed by atoms with Gasteiger partial charge in [-0.3, -0.25) is 10.2 Å². The summed E-state index contributed by atoms with van der Waals surface area (Å²) in [5.74, 6) is 0.0265. The number of nitrogens with one attached hydrogen (secondary N) is 1. The minimum Gasteiger partial charge on any atom is -0.294 e. The lowest BCUT2D eigenvalue weighted by molar-refractivity contribution is -0.113. The summed E-state index contributed by atoms with van der Waals surface area (Å²) in [4.78, 5) is 11.3. The number of Topliss-reactive ketones (excluding diaryl/α,β-unsaturated/α-hetero) is 1. The number of carbonyl (C=O) groups is 1. The third kappa shape index (κ3) is 2.25. The Bertz CT molecular complexity index is 484. The molecular formula is C13H12N2O. The fraction of sp³-hybridized carbons (Fsp3) is 0.0769. The molecule has 3 nitrogen and oxygen atoms in total. The molecule has 0 spiro atoms. The lowest BCUT2D eigenvalue weighted by Gasteiger charge is -2.02. The van der Waals surface area contributed by atoms with Crippen LogP contribution in [0.3, 0.4) is 0 Å². The highest BCUT2D eigenvalue weighted by Gasteiger charge is 2.12. The van der Waals surface area contributed by atoms with Gasteiger partial charge in [0.05, 0.1) is 11.4 Å². The van der Waals surface area contributed by atoms with Gasteiger partial charge in [0.25, 0.3) is 0 Å². The van der Waals surface area contributed by atoms with E-state index >= 15 is 0 Å². The molecule has 0 aliphatic heterocycles. The Hall–Kier alpha value is -2.16. The van der Waals surface area contributed by atoms with Crippen molar-refractivity contribution in [2.75, 3.05) is 5.43 Å². The van der Waals surface area contributed by atoms with Gasteiger partial charge in [-0.2, -0.15) is 5.10 Å². The zero-order valence-electron chi connectivity index (χ0n) is 8.97. The minimum atomic E-state index is 0.0265. The summed E-state index contributed by atoms with van der Waals surface area (Å²) in [6, 6.07) is 9.62. The Morgan fingerprint density at radius 2 is 2.00 bits per heavy atom. The normalized spacial score (nSPS) is 16.3. The molecule has 0 saturated carbocycles. The van der Waals surface area contributed by atoms with Crippen molar-refractivity contribution >= 4 is 17.2 Å². The quantitative estimate of drug-likeness (QED) is 0.782. The maximum Gasteiger partial charge on any atom is 0.162 e. The van der Waals surface area contributed by atoms with Crippen LogP contribution >= 0.6 is 0 Å². The summed E-state index contributed by atoms with van der Waals surface area (Å²) in [6.45, 7) is 1.54. The van der Waals surface area contributed by atoms with Gasteiger partial charge in [0.2, 0.25) is 0 Å². The van der Waals surface area contributed by atoms with Crippen molar-refractivity contribution in [3.8, 4) is 0 Å². The Morgan fingerprint density at radius 1 is 1.25 bits per heavy atom. The van der Waals surface area contributed by atoms with E-state index in [9.17, 15) is 4.79 Å². The maximum atomic E-state index is 11.3. The zero-order valence-corrected chi connectivity index (χ0v) is 8.97. The number of hydrogen-bond acceptors (Lipinski definition) is 3. The van der Waals surface area contributed by atoms with E-state index in [-0.39, 0.29) is 5.78 Å². The Morgan fingerprint density at radius 3 is 2.69 bits per heavy atom. The molecule has 0 atom stereocenters. The van der Waals surface area contributed by atoms with Gasteiger partial charge in [-0.1, -0.05) is 24.3 Å². The summed E-state index contributed by atoms with van der Waals surface area (Å²) >= 11 is 0. The first-order valence-electron chi connectivity index (χ1n) is 5.06. The molecule has 0 heterocycles. The smallest absolute Gasteiger partial charge is 0.162 e. The summed E-state index contributed by atoms with van der Waals surface area (Å²) < 4.78 is 0. The van der Waals surface area contributed by atoms with E-state index in [0.29, 0.717) is 11.3 Å². The molecule has 0 unspecified atom stereocenters. The number of ketones is 1. The SMILES string of the molecule is CC(=O)C1=CC=C/C1=N\Nc1ccccc1. The van der Waals surface area contributed by atoms with Crippen LogP contribution in [-0.4, -0.2) is 11.5 Å². The molecule has 1 aliphatic carbocycles. The van der Waals surface area contributed by atoms with Crippen LogP contribution in [0.2, 0.25) is 0 Å². The van der Waals surface area contributed by atoms with E-state index in [1.165, 1.54) is 6.92 Å². The molecule has 1 aromatic rings. The number of anilines is 1. The average molecular weight is 212 g/mol. The van der Waals surface area contributed by atoms with Crippen LogP contribution in [0.5, 0.6) is 0 Å². The Labute approximate surface area is 94.2 Å². The number of rotatable bonds is 3. The van der Waals surface area contributed by atoms with E-state index < -0.39 is 0 Å². The van der Waals surface area contributed by atoms with Crippen molar-refractivity contribution in [2.45, 2.75) is 6.92 Å². The predicted octanol–water partition coefficient (Wildman–Crippen LogP) is 2.54. The molecule has 0 bridgehead atoms. The number of hydrazone groups is 1. The highest BCUT2D eigenvalue weighted by molar-refractivity contribution is 6.27. The van der Waals surface area contributed by atoms with Gasteiger partial charge < -0.3 is 0 Å². The summed E-state index contributed by atoms with van der Waals surface area (Å²) in [5, 5.41) is 4.19. The molecular weight excluding hydrogens is 200 g/mol. The first-order chi connectivity index (χ1) is 7.77. The highest BCUT2D eigenvalue weighted by Crippen LogP contribution is 2.11. The van der Waals surface area contributed by atoms with Crippen LogP contribution in [-0.2, 0) is 4.79 Å². The second-order valence-electron chi connectivity index (χ2n) is 3.47. The molecule has 1 aliphatic rings. The maximum absolute atomic E-state index is 11.3. The van der Waals surface area contributed by atoms with Crippen molar-refractivity contribution in [1.82, 2.24) is 0 Å². The van der Waals surface area contributed by atoms with Gasteiger partial charge in [-0.25, -0.2) is 0 Å². The number of allylic oxidation sites excluding steroid dienone is 4. The largest absolute Gasteiger partial charge is 0.294 e. The van der Waals surface area contributed by atoms with E-state index in [2.05, 4.69) is 10.5 Å². The number of para-hydroxylation sites is 1. The predicted molar refractivity (Wildman–Crippen MR) is 65.4 cm³/mol. The Kier molecular flexibility index (Phi) is 2.96. The second-order valence-corrected chi connectivity index (χ2v) is 3.47. The monoisotopic (exact) mass is 212 g/mol. The van der Waals surface area contributed by atoms with E-state index in [4.69, 9.17) is 0 Å². The summed E-state index contributed by atoms with van der Waals surface area (Å²) in [6.07, 6.45) is 5.41. The molecule has 1 aromatic carbocycles. The minimum absolute atomic E-state index is 0.0265. The first-order valence-corrected chi connectivity index (χ1v) is 5.06. The van der Waals surface area contributed by atoms with Crippen molar-refractivity contribution in [3.63, 3.8) is 0 Å². The van der Waals surface area contributed by atoms with E-state index in [0.717, 1.165) is 5.69 Å². The van der Waals surface area contributed by atoms with Crippen molar-refractivity contribution in [2.24, 2.45) is 5.10 Å². The van der Waals surface area contributed by atoms with Crippen LogP contribution in [0.25, 0.3) is 0 Å². The zero-order chi connectivity index (χ0) is 11.4. The van der Waals surface area contributed by atoms with Gasteiger partial charge in [-0.15, -0.1) is 0 Å². The molecule has 3 heteroatoms. The van der Waals surface area contributed by atoms with E-state index in [1.54, 1.807) is 6.08 Å². The molecule has 1 N–H and O–H groups in total. The van der Waals surface area contributed by atoms with Gasteiger partial charge in [-0.05, 0) is 31.2 Å². The van der Waals surface area contributed by atoms with Gasteiger partial charge in [0.1, 0.15) is 0 Å². The fourth-order valence-corrected chi connectivity index (χ4v) is 1.44. The molecule has 0 saturated heterocycles. The van der Waals surface area contributed by atoms with Crippen LogP contribution in [0.15, 0.2) is 59.2 Å². The van der Waals surface area contributed by atoms with Gasteiger partial charge >= 0.3 is 0 Å². The fourth-order valence-electron chi connectivity index (χ4n) is 1.44. The highest BCUT2D eigenvalue weighted by atomic mass is 16.1. The Balaban J connectivity index is 2.12. The average Bonchev–Trinajstić information content (AvgIpc) is 2.76. The third-order valence-electron chi connectivity index (χ3n) is 2.25. The van der Waals surface area contributed by atoms with Crippen LogP contribution < -0.4 is 5.43 Å². The summed E-state index contributed by atoms with van der Waals surface area (Å²) in [5.41, 5.74) is 5.14. The lowest BCUT2D eigenvalue weighted by atomic mass is 10.1. The van der Waals surface area contributed by atoms with Crippen LogP contribution in [0, 0.1) is 0 Å². The molecule has 16 heavy (non-hydrogen) atoms. The first kappa shape index (κ1) is 10.4. The number of carbonyl (C=O) groups excluding carboxylic acids is 1. The number of benzene rings is 1. The number of nitrogens with zero attached hydrogens (tertiary/aromatic N) is 1. The molecule has 0 aromatic heterocycles. The van der Waals surface area contributed by atoms with Crippen LogP contribution in [0.1, 0.15) is 6.92 Å². The van der Waals surface area contributed by atoms with Crippen molar-refractivity contribution in [1.29, 1.82) is 0 Å². The third-order valence-corrected chi connectivity index (χ3v) is 2.25. The summed E-state index contributed by atoms with van der Waals surface area (Å²) in [7, 11) is 0. The van der Waals surface area contributed by atoms with Crippen LogP contribution in [0.4, 0.5) is 5.69 Å². The molecule has 80 valence electrons. The second kappa shape index (κ2) is 4.57. The van der Waals surface area contributed by atoms with Gasteiger partial charge in [0, 0.05) is 5.57 Å². The molecule has 0 radical (unpaired) electrons. The molecule has 0 amide bonds. The number of hydrogen-bond donors (Lipinski definition) is 1. The van der Waals surface area contributed by atoms with Crippen molar-refractivity contribution in [3.05, 3.63) is 54.1 Å². The molecule has 0 fully saturated rings. The lowest BCUT2D eigenvalue weighted by Crippen LogP contribution is -2.07. The van der Waals surface area contributed by atoms with E-state index in [1.807, 2.05) is 42.5 Å². The topological polar surface area (TPSA) is 41.5 Å². The molecule has 2 rings (SSSR count). The van der Waals surface area contributed by atoms with Crippen molar-refractivity contribution < 1.29 is 4.79 Å².